The molecule has 4 aromatic rings. The summed E-state index contributed by atoms with van der Waals surface area (Å²) in [6, 6.07) is 18.8. The van der Waals surface area contributed by atoms with Crippen molar-refractivity contribution in [3.05, 3.63) is 110 Å². The van der Waals surface area contributed by atoms with E-state index in [0.717, 1.165) is 28.3 Å². The lowest BCUT2D eigenvalue weighted by Gasteiger charge is -2.10. The Morgan fingerprint density at radius 3 is 2.51 bits per heavy atom. The summed E-state index contributed by atoms with van der Waals surface area (Å²) in [5.74, 6) is 0.862. The van der Waals surface area contributed by atoms with Gasteiger partial charge >= 0.3 is 0 Å². The fourth-order valence-corrected chi connectivity index (χ4v) is 4.02. The first-order valence-electron chi connectivity index (χ1n) is 11.4. The van der Waals surface area contributed by atoms with Crippen LogP contribution in [-0.4, -0.2) is 27.7 Å². The molecule has 0 saturated carbocycles. The summed E-state index contributed by atoms with van der Waals surface area (Å²) in [7, 11) is 1.63. The lowest BCUT2D eigenvalue weighted by molar-refractivity contribution is -0.384. The number of nitrogens with one attached hydrogen (secondary N) is 1. The number of nitro groups is 1. The monoisotopic (exact) mass is 520 g/mol. The molecule has 9 nitrogen and oxygen atoms in total. The average Bonchev–Trinajstić information content (AvgIpc) is 3.15. The standard InChI is InChI=1S/C27H25ClN4O5/c1-17-26(18(2)31(30-17)15-20-5-4-6-23(13-20)36-3)29-27(33)21-9-7-19(8-10-21)16-37-25-12-11-22(32(34)35)14-24(25)28/h4-14H,15-16H2,1-3H3,(H,29,33). The Hall–Kier alpha value is -4.37. The Bertz CT molecular complexity index is 1450. The molecule has 0 bridgehead atoms. The van der Waals surface area contributed by atoms with Crippen molar-refractivity contribution in [2.75, 3.05) is 12.4 Å². The van der Waals surface area contributed by atoms with Crippen LogP contribution in [0.5, 0.6) is 11.5 Å². The van der Waals surface area contributed by atoms with Crippen molar-refractivity contribution < 1.29 is 19.2 Å². The summed E-state index contributed by atoms with van der Waals surface area (Å²) in [4.78, 5) is 23.2. The number of non-ortho nitro benzene ring substituents is 1. The van der Waals surface area contributed by atoms with Gasteiger partial charge in [-0.2, -0.15) is 5.10 Å². The van der Waals surface area contributed by atoms with E-state index in [9.17, 15) is 14.9 Å². The minimum Gasteiger partial charge on any atom is -0.497 e. The van der Waals surface area contributed by atoms with Crippen LogP contribution in [0.15, 0.2) is 66.7 Å². The van der Waals surface area contributed by atoms with Crippen molar-refractivity contribution in [3.63, 3.8) is 0 Å². The predicted octanol–water partition coefficient (Wildman–Crippen LogP) is 5.95. The molecular formula is C27H25ClN4O5. The zero-order valence-electron chi connectivity index (χ0n) is 20.5. The number of carbonyl (C=O) groups is 1. The van der Waals surface area contributed by atoms with Crippen molar-refractivity contribution >= 4 is 28.9 Å². The largest absolute Gasteiger partial charge is 0.497 e. The number of ether oxygens (including phenoxy) is 2. The molecule has 37 heavy (non-hydrogen) atoms. The molecular weight excluding hydrogens is 496 g/mol. The van der Waals surface area contributed by atoms with Crippen LogP contribution >= 0.6 is 11.6 Å². The molecule has 1 heterocycles. The second-order valence-corrected chi connectivity index (χ2v) is 8.77. The Morgan fingerprint density at radius 2 is 1.84 bits per heavy atom. The molecule has 4 rings (SSSR count). The van der Waals surface area contributed by atoms with Gasteiger partial charge in [0.05, 0.1) is 40.7 Å². The Kier molecular flexibility index (Phi) is 7.74. The van der Waals surface area contributed by atoms with E-state index in [4.69, 9.17) is 21.1 Å². The second kappa shape index (κ2) is 11.1. The van der Waals surface area contributed by atoms with E-state index in [-0.39, 0.29) is 23.2 Å². The molecule has 10 heteroatoms. The van der Waals surface area contributed by atoms with Gasteiger partial charge < -0.3 is 14.8 Å². The fourth-order valence-electron chi connectivity index (χ4n) is 3.80. The third-order valence-electron chi connectivity index (χ3n) is 5.82. The van der Waals surface area contributed by atoms with Gasteiger partial charge in [-0.15, -0.1) is 0 Å². The first-order chi connectivity index (χ1) is 17.7. The van der Waals surface area contributed by atoms with Crippen LogP contribution in [0.25, 0.3) is 0 Å². The number of anilines is 1. The number of aryl methyl sites for hydroxylation is 1. The van der Waals surface area contributed by atoms with Crippen LogP contribution in [0.3, 0.4) is 0 Å². The van der Waals surface area contributed by atoms with Gasteiger partial charge in [-0.05, 0) is 55.3 Å². The van der Waals surface area contributed by atoms with Crippen molar-refractivity contribution in [2.45, 2.75) is 27.0 Å². The van der Waals surface area contributed by atoms with Crippen molar-refractivity contribution in [1.82, 2.24) is 9.78 Å². The molecule has 0 fully saturated rings. The van der Waals surface area contributed by atoms with Gasteiger partial charge in [-0.3, -0.25) is 19.6 Å². The highest BCUT2D eigenvalue weighted by Gasteiger charge is 2.16. The van der Waals surface area contributed by atoms with Gasteiger partial charge in [0.15, 0.2) is 0 Å². The maximum absolute atomic E-state index is 12.9. The Balaban J connectivity index is 1.40. The van der Waals surface area contributed by atoms with Crippen LogP contribution < -0.4 is 14.8 Å². The number of aromatic nitrogens is 2. The van der Waals surface area contributed by atoms with Gasteiger partial charge in [-0.1, -0.05) is 35.9 Å². The maximum Gasteiger partial charge on any atom is 0.271 e. The van der Waals surface area contributed by atoms with Crippen molar-refractivity contribution in [3.8, 4) is 11.5 Å². The van der Waals surface area contributed by atoms with Gasteiger partial charge in [0.1, 0.15) is 18.1 Å². The highest BCUT2D eigenvalue weighted by Crippen LogP contribution is 2.29. The van der Waals surface area contributed by atoms with E-state index in [1.165, 1.54) is 18.2 Å². The van der Waals surface area contributed by atoms with Crippen molar-refractivity contribution in [1.29, 1.82) is 0 Å². The molecule has 0 aliphatic heterocycles. The number of nitrogens with zero attached hydrogens (tertiary/aromatic N) is 3. The maximum atomic E-state index is 12.9. The number of hydrogen-bond acceptors (Lipinski definition) is 6. The van der Waals surface area contributed by atoms with Gasteiger partial charge in [0.25, 0.3) is 11.6 Å². The first kappa shape index (κ1) is 25.7. The summed E-state index contributed by atoms with van der Waals surface area (Å²) in [5.41, 5.74) is 4.46. The lowest BCUT2D eigenvalue weighted by atomic mass is 10.1. The fraction of sp³-hybridized carbons (Fsp3) is 0.185. The van der Waals surface area contributed by atoms with Crippen LogP contribution in [0.2, 0.25) is 5.02 Å². The molecule has 0 aliphatic rings. The van der Waals surface area contributed by atoms with Crippen molar-refractivity contribution in [2.24, 2.45) is 0 Å². The normalized spacial score (nSPS) is 10.7. The molecule has 1 amide bonds. The number of hydrogen-bond donors (Lipinski definition) is 1. The van der Waals surface area contributed by atoms with Gasteiger partial charge in [-0.25, -0.2) is 0 Å². The summed E-state index contributed by atoms with van der Waals surface area (Å²) in [6.45, 7) is 4.51. The summed E-state index contributed by atoms with van der Waals surface area (Å²) >= 11 is 6.07. The second-order valence-electron chi connectivity index (χ2n) is 8.37. The number of rotatable bonds is 9. The zero-order chi connectivity index (χ0) is 26.5. The molecule has 0 radical (unpaired) electrons. The minimum atomic E-state index is -0.520. The third-order valence-corrected chi connectivity index (χ3v) is 6.12. The van der Waals surface area contributed by atoms with Crippen LogP contribution in [0, 0.1) is 24.0 Å². The van der Waals surface area contributed by atoms with Crippen LogP contribution in [0.4, 0.5) is 11.4 Å². The quantitative estimate of drug-likeness (QED) is 0.216. The lowest BCUT2D eigenvalue weighted by Crippen LogP contribution is -2.13. The summed E-state index contributed by atoms with van der Waals surface area (Å²) in [6.07, 6.45) is 0. The van der Waals surface area contributed by atoms with E-state index in [0.29, 0.717) is 23.5 Å². The predicted molar refractivity (Wildman–Crippen MR) is 141 cm³/mol. The summed E-state index contributed by atoms with van der Waals surface area (Å²) < 4.78 is 12.8. The molecule has 0 saturated heterocycles. The average molecular weight is 521 g/mol. The molecule has 3 aromatic carbocycles. The molecule has 0 aliphatic carbocycles. The third kappa shape index (κ3) is 6.07. The van der Waals surface area contributed by atoms with Gasteiger partial charge in [0.2, 0.25) is 0 Å². The molecule has 0 unspecified atom stereocenters. The smallest absolute Gasteiger partial charge is 0.271 e. The van der Waals surface area contributed by atoms with E-state index < -0.39 is 4.92 Å². The molecule has 190 valence electrons. The summed E-state index contributed by atoms with van der Waals surface area (Å²) in [5, 5.41) is 18.6. The van der Waals surface area contributed by atoms with Crippen LogP contribution in [-0.2, 0) is 13.2 Å². The van der Waals surface area contributed by atoms with Crippen LogP contribution in [0.1, 0.15) is 32.9 Å². The first-order valence-corrected chi connectivity index (χ1v) is 11.8. The van der Waals surface area contributed by atoms with Gasteiger partial charge in [0, 0.05) is 17.7 Å². The number of benzene rings is 3. The molecule has 0 spiro atoms. The Morgan fingerprint density at radius 1 is 1.08 bits per heavy atom. The van der Waals surface area contributed by atoms with E-state index in [1.807, 2.05) is 42.8 Å². The highest BCUT2D eigenvalue weighted by atomic mass is 35.5. The highest BCUT2D eigenvalue weighted by molar-refractivity contribution is 6.32. The topological polar surface area (TPSA) is 109 Å². The van der Waals surface area contributed by atoms with E-state index in [2.05, 4.69) is 10.4 Å². The SMILES string of the molecule is COc1cccc(Cn2nc(C)c(NC(=O)c3ccc(COc4ccc([N+](=O)[O-])cc4Cl)cc3)c2C)c1. The molecule has 0 atom stereocenters. The van der Waals surface area contributed by atoms with E-state index in [1.54, 1.807) is 31.4 Å². The number of nitro benzene ring substituents is 1. The molecule has 1 aromatic heterocycles. The number of methoxy groups -OCH3 is 1. The Labute approximate surface area is 218 Å². The minimum absolute atomic E-state index is 0.107. The number of amides is 1. The number of carbonyl (C=O) groups excluding carboxylic acids is 1. The van der Waals surface area contributed by atoms with E-state index >= 15 is 0 Å². The number of halogens is 1. The molecule has 1 N–H and O–H groups in total. The zero-order valence-corrected chi connectivity index (χ0v) is 21.3.